The fourth-order valence-electron chi connectivity index (χ4n) is 5.72. The molecule has 2 unspecified atom stereocenters. The van der Waals surface area contributed by atoms with E-state index in [0.717, 1.165) is 49.0 Å². The zero-order chi connectivity index (χ0) is 23.9. The average molecular weight is 460 g/mol. The lowest BCUT2D eigenvalue weighted by atomic mass is 9.67. The highest BCUT2D eigenvalue weighted by Gasteiger charge is 2.43. The molecule has 180 valence electrons. The lowest BCUT2D eigenvalue weighted by molar-refractivity contribution is -0.144. The Kier molecular flexibility index (Phi) is 6.54. The number of amides is 1. The van der Waals surface area contributed by atoms with E-state index in [-0.39, 0.29) is 29.9 Å². The minimum atomic E-state index is -1.36. The molecule has 1 aromatic carbocycles. The molecule has 2 saturated carbocycles. The third kappa shape index (κ3) is 4.79. The number of carboxylic acid groups (broad SMARTS) is 1. The Bertz CT molecular complexity index is 958. The number of allylic oxidation sites excluding steroid dienone is 1. The number of rotatable bonds is 7. The number of hydrogen-bond donors (Lipinski definition) is 2. The van der Waals surface area contributed by atoms with Crippen LogP contribution in [0.5, 0.6) is 5.75 Å². The maximum atomic E-state index is 15.2. The van der Waals surface area contributed by atoms with Crippen LogP contribution < -0.4 is 4.74 Å². The largest absolute Gasteiger partial charge is 0.493 e. The van der Waals surface area contributed by atoms with E-state index < -0.39 is 29.8 Å². The van der Waals surface area contributed by atoms with E-state index in [1.807, 2.05) is 0 Å². The van der Waals surface area contributed by atoms with Crippen molar-refractivity contribution >= 4 is 11.9 Å². The topological polar surface area (TPSA) is 87.1 Å². The van der Waals surface area contributed by atoms with Gasteiger partial charge in [-0.3, -0.25) is 4.79 Å². The first-order valence-corrected chi connectivity index (χ1v) is 12.0. The molecular weight excluding hydrogens is 425 g/mol. The molecule has 0 spiro atoms. The van der Waals surface area contributed by atoms with Crippen molar-refractivity contribution in [2.75, 3.05) is 13.2 Å². The molecule has 1 aromatic rings. The monoisotopic (exact) mass is 459 g/mol. The summed E-state index contributed by atoms with van der Waals surface area (Å²) in [6, 6.07) is 1.46. The molecule has 4 rings (SSSR count). The Morgan fingerprint density at radius 1 is 1.30 bits per heavy atom. The molecule has 0 aromatic heterocycles. The van der Waals surface area contributed by atoms with E-state index in [4.69, 9.17) is 4.74 Å². The zero-order valence-electron chi connectivity index (χ0n) is 19.5. The highest BCUT2D eigenvalue weighted by atomic mass is 19.1. The highest BCUT2D eigenvalue weighted by Crippen LogP contribution is 2.48. The molecule has 1 amide bonds. The molecule has 0 radical (unpaired) electrons. The van der Waals surface area contributed by atoms with E-state index >= 15 is 4.39 Å². The van der Waals surface area contributed by atoms with Gasteiger partial charge in [-0.25, -0.2) is 9.18 Å². The number of likely N-dealkylation sites (tertiary alicyclic amines) is 1. The van der Waals surface area contributed by atoms with Crippen molar-refractivity contribution in [1.82, 2.24) is 4.90 Å². The molecule has 2 N–H and O–H groups in total. The Labute approximate surface area is 194 Å². The van der Waals surface area contributed by atoms with Crippen LogP contribution in [0.25, 0.3) is 0 Å². The molecule has 1 heterocycles. The maximum Gasteiger partial charge on any atom is 0.329 e. The third-order valence-electron chi connectivity index (χ3n) is 7.55. The van der Waals surface area contributed by atoms with Crippen LogP contribution in [0.1, 0.15) is 80.6 Å². The Morgan fingerprint density at radius 3 is 2.64 bits per heavy atom. The van der Waals surface area contributed by atoms with Crippen molar-refractivity contribution in [2.45, 2.75) is 76.9 Å². The van der Waals surface area contributed by atoms with Crippen LogP contribution in [0.15, 0.2) is 24.3 Å². The summed E-state index contributed by atoms with van der Waals surface area (Å²) in [6.45, 7) is 9.14. The first kappa shape index (κ1) is 23.7. The summed E-state index contributed by atoms with van der Waals surface area (Å²) in [5.41, 5.74) is 1.85. The van der Waals surface area contributed by atoms with Gasteiger partial charge in [-0.2, -0.15) is 0 Å². The van der Waals surface area contributed by atoms with Crippen LogP contribution in [0, 0.1) is 17.2 Å². The minimum Gasteiger partial charge on any atom is -0.493 e. The third-order valence-corrected chi connectivity index (χ3v) is 7.55. The molecule has 6 nitrogen and oxygen atoms in total. The van der Waals surface area contributed by atoms with Gasteiger partial charge >= 0.3 is 5.97 Å². The van der Waals surface area contributed by atoms with Crippen molar-refractivity contribution in [3.05, 3.63) is 41.2 Å². The standard InChI is InChI=1S/C26H34FNO5/c1-4-26(12-15(2)9-16(3)13-26)14-33-22-11-20(27)19(10-18(22)17-5-6-17)24(30)28-8-7-21(29)23(28)25(31)32/h10-11,16-17,21,23,29H,2,4-9,12-14H2,1,3H3,(H,31,32)/t16?,21-,23+,26?/m1/s1. The van der Waals surface area contributed by atoms with Crippen LogP contribution in [0.2, 0.25) is 0 Å². The number of carboxylic acids is 1. The molecule has 3 fully saturated rings. The second-order valence-electron chi connectivity index (χ2n) is 10.4. The Morgan fingerprint density at radius 2 is 2.03 bits per heavy atom. The number of carbonyl (C=O) groups excluding carboxylic acids is 1. The first-order valence-electron chi connectivity index (χ1n) is 12.0. The molecule has 2 aliphatic carbocycles. The van der Waals surface area contributed by atoms with Crippen LogP contribution in [-0.4, -0.2) is 52.3 Å². The second kappa shape index (κ2) is 9.09. The van der Waals surface area contributed by atoms with Crippen LogP contribution in [-0.2, 0) is 4.79 Å². The van der Waals surface area contributed by atoms with Gasteiger partial charge in [-0.15, -0.1) is 0 Å². The number of aliphatic hydroxyl groups is 1. The minimum absolute atomic E-state index is 0.0268. The van der Waals surface area contributed by atoms with Gasteiger partial charge in [0, 0.05) is 18.0 Å². The average Bonchev–Trinajstić information content (AvgIpc) is 3.52. The number of halogens is 1. The Hall–Kier alpha value is -2.41. The summed E-state index contributed by atoms with van der Waals surface area (Å²) in [7, 11) is 0. The van der Waals surface area contributed by atoms with E-state index in [1.54, 1.807) is 0 Å². The van der Waals surface area contributed by atoms with Gasteiger partial charge in [0.05, 0.1) is 18.3 Å². The maximum absolute atomic E-state index is 15.2. The predicted molar refractivity (Wildman–Crippen MR) is 122 cm³/mol. The van der Waals surface area contributed by atoms with E-state index in [2.05, 4.69) is 20.4 Å². The molecule has 4 atom stereocenters. The number of ether oxygens (including phenoxy) is 1. The molecular formula is C26H34FNO5. The van der Waals surface area contributed by atoms with E-state index in [1.165, 1.54) is 17.7 Å². The number of aliphatic hydroxyl groups excluding tert-OH is 1. The molecule has 7 heteroatoms. The molecule has 3 aliphatic rings. The molecule has 1 aliphatic heterocycles. The number of hydrogen-bond acceptors (Lipinski definition) is 4. The zero-order valence-corrected chi connectivity index (χ0v) is 19.5. The molecule has 1 saturated heterocycles. The summed E-state index contributed by atoms with van der Waals surface area (Å²) in [4.78, 5) is 25.7. The predicted octanol–water partition coefficient (Wildman–Crippen LogP) is 4.51. The summed E-state index contributed by atoms with van der Waals surface area (Å²) < 4.78 is 21.4. The number of aliphatic carboxylic acids is 1. The van der Waals surface area contributed by atoms with Crippen molar-refractivity contribution in [2.24, 2.45) is 11.3 Å². The first-order chi connectivity index (χ1) is 15.6. The number of benzene rings is 1. The lowest BCUT2D eigenvalue weighted by Gasteiger charge is -2.40. The normalized spacial score (nSPS) is 29.9. The highest BCUT2D eigenvalue weighted by molar-refractivity contribution is 5.97. The summed E-state index contributed by atoms with van der Waals surface area (Å²) in [5, 5.41) is 19.4. The van der Waals surface area contributed by atoms with Gasteiger partial charge in [0.2, 0.25) is 0 Å². The SMILES string of the molecule is C=C1CC(C)CC(CC)(COc2cc(F)c(C(=O)N3CC[C@@H](O)[C@H]3C(=O)O)cc2C2CC2)C1. The van der Waals surface area contributed by atoms with Crippen molar-refractivity contribution < 1.29 is 28.9 Å². The van der Waals surface area contributed by atoms with Crippen molar-refractivity contribution in [3.63, 3.8) is 0 Å². The van der Waals surface area contributed by atoms with Gasteiger partial charge in [-0.05, 0) is 68.4 Å². The smallest absolute Gasteiger partial charge is 0.329 e. The van der Waals surface area contributed by atoms with Crippen LogP contribution >= 0.6 is 0 Å². The molecule has 0 bridgehead atoms. The molecule has 33 heavy (non-hydrogen) atoms. The van der Waals surface area contributed by atoms with Gasteiger partial charge in [0.1, 0.15) is 11.6 Å². The van der Waals surface area contributed by atoms with Crippen molar-refractivity contribution in [1.29, 1.82) is 0 Å². The summed E-state index contributed by atoms with van der Waals surface area (Å²) in [6.07, 6.45) is 4.81. The quantitative estimate of drug-likeness (QED) is 0.586. The summed E-state index contributed by atoms with van der Waals surface area (Å²) >= 11 is 0. The number of carbonyl (C=O) groups is 2. The fraction of sp³-hybridized carbons (Fsp3) is 0.615. The van der Waals surface area contributed by atoms with Gasteiger partial charge in [-0.1, -0.05) is 26.0 Å². The van der Waals surface area contributed by atoms with Crippen LogP contribution in [0.4, 0.5) is 4.39 Å². The lowest BCUT2D eigenvalue weighted by Crippen LogP contribution is -2.45. The number of nitrogens with zero attached hydrogens (tertiary/aromatic N) is 1. The van der Waals surface area contributed by atoms with Gasteiger partial charge < -0.3 is 19.8 Å². The van der Waals surface area contributed by atoms with Crippen LogP contribution in [0.3, 0.4) is 0 Å². The van der Waals surface area contributed by atoms with Gasteiger partial charge in [0.25, 0.3) is 5.91 Å². The van der Waals surface area contributed by atoms with Crippen molar-refractivity contribution in [3.8, 4) is 5.75 Å². The Balaban J connectivity index is 1.59. The van der Waals surface area contributed by atoms with Gasteiger partial charge in [0.15, 0.2) is 6.04 Å². The fourth-order valence-corrected chi connectivity index (χ4v) is 5.72. The van der Waals surface area contributed by atoms with E-state index in [9.17, 15) is 19.8 Å². The second-order valence-corrected chi connectivity index (χ2v) is 10.4. The summed E-state index contributed by atoms with van der Waals surface area (Å²) in [5.74, 6) is -1.50. The van der Waals surface area contributed by atoms with E-state index in [0.29, 0.717) is 18.3 Å².